The van der Waals surface area contributed by atoms with Crippen LogP contribution < -0.4 is 5.73 Å². The molecule has 0 spiro atoms. The van der Waals surface area contributed by atoms with Crippen LogP contribution in [-0.2, 0) is 5.54 Å². The van der Waals surface area contributed by atoms with Gasteiger partial charge >= 0.3 is 0 Å². The molecule has 0 aliphatic heterocycles. The molecule has 3 heteroatoms. The molecule has 3 nitrogen and oxygen atoms in total. The molecule has 2 rings (SSSR count). The lowest BCUT2D eigenvalue weighted by atomic mass is 9.86. The molecule has 0 bridgehead atoms. The summed E-state index contributed by atoms with van der Waals surface area (Å²) in [6, 6.07) is 2.15. The van der Waals surface area contributed by atoms with E-state index in [4.69, 9.17) is 5.73 Å². The fourth-order valence-corrected chi connectivity index (χ4v) is 2.29. The molecule has 0 saturated heterocycles. The molecule has 1 heterocycles. The number of nitrogens with zero attached hydrogens (tertiary/aromatic N) is 1. The minimum atomic E-state index is -0.330. The van der Waals surface area contributed by atoms with E-state index in [1.54, 1.807) is 0 Å². The molecular weight excluding hydrogens is 186 g/mol. The van der Waals surface area contributed by atoms with Gasteiger partial charge in [-0.2, -0.15) is 5.10 Å². The van der Waals surface area contributed by atoms with Gasteiger partial charge in [0.2, 0.25) is 0 Å². The topological polar surface area (TPSA) is 54.7 Å². The van der Waals surface area contributed by atoms with Crippen LogP contribution >= 0.6 is 0 Å². The van der Waals surface area contributed by atoms with Gasteiger partial charge in [-0.05, 0) is 32.8 Å². The van der Waals surface area contributed by atoms with Gasteiger partial charge in [0.15, 0.2) is 0 Å². The summed E-state index contributed by atoms with van der Waals surface area (Å²) in [4.78, 5) is 0. The minimum absolute atomic E-state index is 0.330. The molecule has 1 fully saturated rings. The third-order valence-electron chi connectivity index (χ3n) is 3.30. The van der Waals surface area contributed by atoms with Crippen molar-refractivity contribution < 1.29 is 0 Å². The number of aromatic amines is 1. The Bertz CT molecular complexity index is 316. The van der Waals surface area contributed by atoms with Gasteiger partial charge in [0.1, 0.15) is 0 Å². The molecule has 0 radical (unpaired) electrons. The van der Waals surface area contributed by atoms with Gasteiger partial charge in [-0.1, -0.05) is 19.3 Å². The van der Waals surface area contributed by atoms with Crippen molar-refractivity contribution in [1.29, 1.82) is 0 Å². The lowest BCUT2D eigenvalue weighted by molar-refractivity contribution is 0.436. The van der Waals surface area contributed by atoms with Gasteiger partial charge in [0.05, 0.1) is 11.2 Å². The van der Waals surface area contributed by atoms with Crippen molar-refractivity contribution in [2.75, 3.05) is 0 Å². The molecule has 0 aromatic carbocycles. The van der Waals surface area contributed by atoms with Crippen molar-refractivity contribution in [3.63, 3.8) is 0 Å². The summed E-state index contributed by atoms with van der Waals surface area (Å²) in [5, 5.41) is 7.46. The Kier molecular flexibility index (Phi) is 2.83. The first-order valence-corrected chi connectivity index (χ1v) is 5.92. The lowest BCUT2D eigenvalue weighted by Crippen LogP contribution is -2.29. The number of nitrogens with two attached hydrogens (primary N) is 1. The van der Waals surface area contributed by atoms with E-state index in [2.05, 4.69) is 16.3 Å². The molecule has 1 aromatic heterocycles. The van der Waals surface area contributed by atoms with Crippen LogP contribution in [0.15, 0.2) is 6.07 Å². The average molecular weight is 207 g/mol. The lowest BCUT2D eigenvalue weighted by Gasteiger charge is -2.20. The van der Waals surface area contributed by atoms with Crippen LogP contribution in [0.1, 0.15) is 63.3 Å². The van der Waals surface area contributed by atoms with Crippen LogP contribution in [0.5, 0.6) is 0 Å². The first-order valence-electron chi connectivity index (χ1n) is 5.92. The molecule has 0 unspecified atom stereocenters. The van der Waals surface area contributed by atoms with Gasteiger partial charge in [0.25, 0.3) is 0 Å². The summed E-state index contributed by atoms with van der Waals surface area (Å²) < 4.78 is 0. The zero-order valence-corrected chi connectivity index (χ0v) is 9.71. The maximum absolute atomic E-state index is 6.02. The highest BCUT2D eigenvalue weighted by atomic mass is 15.1. The maximum Gasteiger partial charge on any atom is 0.0817 e. The normalized spacial score (nSPS) is 19.4. The van der Waals surface area contributed by atoms with E-state index < -0.39 is 0 Å². The summed E-state index contributed by atoms with van der Waals surface area (Å²) >= 11 is 0. The van der Waals surface area contributed by atoms with Crippen molar-refractivity contribution in [3.8, 4) is 0 Å². The number of nitrogens with one attached hydrogen (secondary N) is 1. The maximum atomic E-state index is 6.02. The van der Waals surface area contributed by atoms with E-state index in [1.165, 1.54) is 37.8 Å². The quantitative estimate of drug-likeness (QED) is 0.783. The highest BCUT2D eigenvalue weighted by Gasteiger charge is 2.22. The molecule has 0 atom stereocenters. The Hall–Kier alpha value is -0.830. The summed E-state index contributed by atoms with van der Waals surface area (Å²) in [6.45, 7) is 3.99. The van der Waals surface area contributed by atoms with Gasteiger partial charge in [0, 0.05) is 11.6 Å². The van der Waals surface area contributed by atoms with Crippen molar-refractivity contribution in [2.45, 2.75) is 57.4 Å². The Balaban J connectivity index is 2.12. The van der Waals surface area contributed by atoms with E-state index in [-0.39, 0.29) is 5.54 Å². The Morgan fingerprint density at radius 1 is 1.33 bits per heavy atom. The van der Waals surface area contributed by atoms with E-state index >= 15 is 0 Å². The summed E-state index contributed by atoms with van der Waals surface area (Å²) in [5.41, 5.74) is 7.94. The first-order chi connectivity index (χ1) is 7.07. The van der Waals surface area contributed by atoms with Gasteiger partial charge in [-0.3, -0.25) is 5.10 Å². The molecule has 15 heavy (non-hydrogen) atoms. The Morgan fingerprint density at radius 2 is 2.00 bits per heavy atom. The number of hydrogen-bond acceptors (Lipinski definition) is 2. The summed E-state index contributed by atoms with van der Waals surface area (Å²) in [6.07, 6.45) is 6.69. The molecule has 1 saturated carbocycles. The zero-order chi connectivity index (χ0) is 10.9. The smallest absolute Gasteiger partial charge is 0.0817 e. The average Bonchev–Trinajstić information content (AvgIpc) is 2.67. The predicted molar refractivity (Wildman–Crippen MR) is 61.6 cm³/mol. The fraction of sp³-hybridized carbons (Fsp3) is 0.750. The summed E-state index contributed by atoms with van der Waals surface area (Å²) in [7, 11) is 0. The van der Waals surface area contributed by atoms with Crippen LogP contribution in [0.4, 0.5) is 0 Å². The molecular formula is C12H21N3. The molecule has 3 N–H and O–H groups in total. The Labute approximate surface area is 91.4 Å². The largest absolute Gasteiger partial charge is 0.321 e. The predicted octanol–water partition coefficient (Wildman–Crippen LogP) is 2.65. The van der Waals surface area contributed by atoms with Crippen LogP contribution in [-0.4, -0.2) is 10.2 Å². The number of H-pyrrole nitrogens is 1. The van der Waals surface area contributed by atoms with Crippen molar-refractivity contribution in [2.24, 2.45) is 5.73 Å². The van der Waals surface area contributed by atoms with E-state index in [1.807, 2.05) is 13.8 Å². The molecule has 1 aromatic rings. The minimum Gasteiger partial charge on any atom is -0.321 e. The third-order valence-corrected chi connectivity index (χ3v) is 3.30. The number of rotatable bonds is 2. The van der Waals surface area contributed by atoms with Crippen LogP contribution in [0, 0.1) is 0 Å². The van der Waals surface area contributed by atoms with Crippen LogP contribution in [0.3, 0.4) is 0 Å². The second-order valence-corrected chi connectivity index (χ2v) is 5.27. The van der Waals surface area contributed by atoms with Crippen molar-refractivity contribution in [1.82, 2.24) is 10.2 Å². The third kappa shape index (κ3) is 2.40. The van der Waals surface area contributed by atoms with E-state index in [0.717, 1.165) is 5.69 Å². The second kappa shape index (κ2) is 3.97. The fourth-order valence-electron chi connectivity index (χ4n) is 2.29. The standard InChI is InChI=1S/C12H21N3/c1-12(2,13)11-8-10(14-15-11)9-6-4-3-5-7-9/h8-9H,3-7,13H2,1-2H3,(H,14,15). The number of hydrogen-bond donors (Lipinski definition) is 2. The zero-order valence-electron chi connectivity index (χ0n) is 9.71. The first kappa shape index (κ1) is 10.7. The number of aromatic nitrogens is 2. The van der Waals surface area contributed by atoms with Gasteiger partial charge in [-0.25, -0.2) is 0 Å². The van der Waals surface area contributed by atoms with Crippen LogP contribution in [0.25, 0.3) is 0 Å². The summed E-state index contributed by atoms with van der Waals surface area (Å²) in [5.74, 6) is 0.683. The SMILES string of the molecule is CC(C)(N)c1cc(C2CCCCC2)[nH]n1. The van der Waals surface area contributed by atoms with E-state index in [9.17, 15) is 0 Å². The van der Waals surface area contributed by atoms with Crippen molar-refractivity contribution in [3.05, 3.63) is 17.5 Å². The van der Waals surface area contributed by atoms with Crippen LogP contribution in [0.2, 0.25) is 0 Å². The molecule has 1 aliphatic carbocycles. The highest BCUT2D eigenvalue weighted by Crippen LogP contribution is 2.32. The monoisotopic (exact) mass is 207 g/mol. The molecule has 84 valence electrons. The van der Waals surface area contributed by atoms with E-state index in [0.29, 0.717) is 5.92 Å². The molecule has 0 amide bonds. The van der Waals surface area contributed by atoms with Gasteiger partial charge in [-0.15, -0.1) is 0 Å². The van der Waals surface area contributed by atoms with Gasteiger partial charge < -0.3 is 5.73 Å². The van der Waals surface area contributed by atoms with Crippen molar-refractivity contribution >= 4 is 0 Å². The molecule has 1 aliphatic rings. The highest BCUT2D eigenvalue weighted by molar-refractivity contribution is 5.19. The second-order valence-electron chi connectivity index (χ2n) is 5.27. The Morgan fingerprint density at radius 3 is 2.53 bits per heavy atom.